The summed E-state index contributed by atoms with van der Waals surface area (Å²) >= 11 is 0. The fourth-order valence-corrected chi connectivity index (χ4v) is 5.22. The zero-order valence-corrected chi connectivity index (χ0v) is 17.8. The van der Waals surface area contributed by atoms with Crippen LogP contribution >= 0.6 is 0 Å². The Balaban J connectivity index is 1.50. The number of carbonyl (C=O) groups is 1. The average molecular weight is 415 g/mol. The molecule has 1 saturated heterocycles. The lowest BCUT2D eigenvalue weighted by molar-refractivity contribution is -0.120. The van der Waals surface area contributed by atoms with Gasteiger partial charge >= 0.3 is 0 Å². The Morgan fingerprint density at radius 1 is 1.00 bits per heavy atom. The summed E-state index contributed by atoms with van der Waals surface area (Å²) in [7, 11) is -3.36. The molecule has 1 aliphatic heterocycles. The largest absolute Gasteiger partial charge is 0.326 e. The number of hydrogen-bond donors (Lipinski definition) is 1. The molecule has 0 saturated carbocycles. The van der Waals surface area contributed by atoms with Crippen molar-refractivity contribution in [3.05, 3.63) is 65.7 Å². The van der Waals surface area contributed by atoms with Gasteiger partial charge in [0.2, 0.25) is 15.9 Å². The topological polar surface area (TPSA) is 66.5 Å². The molecule has 29 heavy (non-hydrogen) atoms. The Hall–Kier alpha value is -2.18. The van der Waals surface area contributed by atoms with Crippen LogP contribution < -0.4 is 5.32 Å². The molecule has 1 aliphatic rings. The SMILES string of the molecule is CCCCc1ccc(NC(=O)C2CCN(S(=O)(=O)Cc3ccccc3)CC2)cc1. The second-order valence-corrected chi connectivity index (χ2v) is 9.67. The van der Waals surface area contributed by atoms with Gasteiger partial charge in [0.05, 0.1) is 5.75 Å². The zero-order chi connectivity index (χ0) is 20.7. The molecule has 2 aromatic rings. The van der Waals surface area contributed by atoms with Gasteiger partial charge in [-0.15, -0.1) is 0 Å². The summed E-state index contributed by atoms with van der Waals surface area (Å²) in [6.45, 7) is 2.96. The number of nitrogens with one attached hydrogen (secondary N) is 1. The van der Waals surface area contributed by atoms with Crippen LogP contribution in [0.25, 0.3) is 0 Å². The van der Waals surface area contributed by atoms with Crippen molar-refractivity contribution in [2.45, 2.75) is 44.8 Å². The van der Waals surface area contributed by atoms with Crippen LogP contribution in [0.15, 0.2) is 54.6 Å². The number of piperidine rings is 1. The van der Waals surface area contributed by atoms with Crippen LogP contribution in [-0.4, -0.2) is 31.7 Å². The summed E-state index contributed by atoms with van der Waals surface area (Å²) in [5.74, 6) is -0.168. The van der Waals surface area contributed by atoms with Crippen molar-refractivity contribution in [2.75, 3.05) is 18.4 Å². The van der Waals surface area contributed by atoms with E-state index in [1.165, 1.54) is 9.87 Å². The predicted molar refractivity (Wildman–Crippen MR) is 117 cm³/mol. The van der Waals surface area contributed by atoms with E-state index in [1.807, 2.05) is 42.5 Å². The molecule has 0 unspecified atom stereocenters. The number of anilines is 1. The third-order valence-electron chi connectivity index (χ3n) is 5.45. The van der Waals surface area contributed by atoms with Crippen LogP contribution in [0.2, 0.25) is 0 Å². The molecule has 0 atom stereocenters. The number of hydrogen-bond acceptors (Lipinski definition) is 3. The fourth-order valence-electron chi connectivity index (χ4n) is 3.65. The van der Waals surface area contributed by atoms with Crippen LogP contribution in [-0.2, 0) is 27.0 Å². The first-order chi connectivity index (χ1) is 14.0. The molecular weight excluding hydrogens is 384 g/mol. The number of carbonyl (C=O) groups excluding carboxylic acids is 1. The predicted octanol–water partition coefficient (Wildman–Crippen LogP) is 4.21. The number of unbranched alkanes of at least 4 members (excludes halogenated alkanes) is 1. The third-order valence-corrected chi connectivity index (χ3v) is 7.30. The van der Waals surface area contributed by atoms with E-state index < -0.39 is 10.0 Å². The highest BCUT2D eigenvalue weighted by molar-refractivity contribution is 7.88. The maximum absolute atomic E-state index is 12.7. The van der Waals surface area contributed by atoms with Crippen LogP contribution in [0.5, 0.6) is 0 Å². The van der Waals surface area contributed by atoms with Crippen molar-refractivity contribution in [3.63, 3.8) is 0 Å². The van der Waals surface area contributed by atoms with E-state index in [0.29, 0.717) is 25.9 Å². The first kappa shape index (κ1) is 21.5. The zero-order valence-electron chi connectivity index (χ0n) is 17.0. The maximum atomic E-state index is 12.7. The van der Waals surface area contributed by atoms with E-state index >= 15 is 0 Å². The highest BCUT2D eigenvalue weighted by Crippen LogP contribution is 2.23. The number of nitrogens with zero attached hydrogens (tertiary/aromatic N) is 1. The molecule has 2 aromatic carbocycles. The summed E-state index contributed by atoms with van der Waals surface area (Å²) < 4.78 is 26.8. The third kappa shape index (κ3) is 6.15. The first-order valence-corrected chi connectivity index (χ1v) is 12.0. The van der Waals surface area contributed by atoms with Crippen LogP contribution in [0.4, 0.5) is 5.69 Å². The van der Waals surface area contributed by atoms with Crippen LogP contribution in [0.1, 0.15) is 43.7 Å². The van der Waals surface area contributed by atoms with Gasteiger partial charge in [0.15, 0.2) is 0 Å². The molecule has 0 spiro atoms. The van der Waals surface area contributed by atoms with Gasteiger partial charge in [-0.2, -0.15) is 0 Å². The molecule has 6 heteroatoms. The van der Waals surface area contributed by atoms with Gasteiger partial charge in [-0.25, -0.2) is 12.7 Å². The minimum absolute atomic E-state index is 0.00901. The lowest BCUT2D eigenvalue weighted by Crippen LogP contribution is -2.41. The first-order valence-electron chi connectivity index (χ1n) is 10.4. The fraction of sp³-hybridized carbons (Fsp3) is 0.435. The van der Waals surface area contributed by atoms with E-state index in [1.54, 1.807) is 0 Å². The molecular formula is C23H30N2O3S. The summed E-state index contributed by atoms with van der Waals surface area (Å²) in [5.41, 5.74) is 2.87. The monoisotopic (exact) mass is 414 g/mol. The quantitative estimate of drug-likeness (QED) is 0.704. The number of benzene rings is 2. The molecule has 0 aromatic heterocycles. The molecule has 156 valence electrons. The van der Waals surface area contributed by atoms with E-state index in [0.717, 1.165) is 30.5 Å². The Morgan fingerprint density at radius 3 is 2.28 bits per heavy atom. The van der Waals surface area contributed by atoms with Gasteiger partial charge in [-0.1, -0.05) is 55.8 Å². The smallest absolute Gasteiger partial charge is 0.227 e. The van der Waals surface area contributed by atoms with E-state index in [2.05, 4.69) is 24.4 Å². The van der Waals surface area contributed by atoms with Crippen molar-refractivity contribution in [3.8, 4) is 0 Å². The van der Waals surface area contributed by atoms with Crippen molar-refractivity contribution < 1.29 is 13.2 Å². The second-order valence-electron chi connectivity index (χ2n) is 7.70. The molecule has 3 rings (SSSR count). The number of rotatable bonds is 8. The number of aryl methyl sites for hydroxylation is 1. The van der Waals surface area contributed by atoms with Gasteiger partial charge in [0.25, 0.3) is 0 Å². The normalized spacial score (nSPS) is 15.9. The Morgan fingerprint density at radius 2 is 1.66 bits per heavy atom. The highest BCUT2D eigenvalue weighted by atomic mass is 32.2. The minimum Gasteiger partial charge on any atom is -0.326 e. The van der Waals surface area contributed by atoms with Crippen molar-refractivity contribution in [1.29, 1.82) is 0 Å². The van der Waals surface area contributed by atoms with Crippen molar-refractivity contribution in [1.82, 2.24) is 4.31 Å². The van der Waals surface area contributed by atoms with Gasteiger partial charge in [-0.3, -0.25) is 4.79 Å². The van der Waals surface area contributed by atoms with Crippen LogP contribution in [0.3, 0.4) is 0 Å². The van der Waals surface area contributed by atoms with Crippen molar-refractivity contribution >= 4 is 21.6 Å². The number of sulfonamides is 1. The summed E-state index contributed by atoms with van der Waals surface area (Å²) in [5, 5.41) is 2.98. The molecule has 0 bridgehead atoms. The average Bonchev–Trinajstić information content (AvgIpc) is 2.74. The molecule has 5 nitrogen and oxygen atoms in total. The molecule has 0 aliphatic carbocycles. The number of amides is 1. The summed E-state index contributed by atoms with van der Waals surface area (Å²) in [6.07, 6.45) is 4.49. The molecule has 1 amide bonds. The molecule has 0 radical (unpaired) electrons. The molecule has 1 heterocycles. The summed E-state index contributed by atoms with van der Waals surface area (Å²) in [4.78, 5) is 12.6. The maximum Gasteiger partial charge on any atom is 0.227 e. The summed E-state index contributed by atoms with van der Waals surface area (Å²) in [6, 6.07) is 17.2. The van der Waals surface area contributed by atoms with E-state index in [-0.39, 0.29) is 17.6 Å². The van der Waals surface area contributed by atoms with Crippen molar-refractivity contribution in [2.24, 2.45) is 5.92 Å². The van der Waals surface area contributed by atoms with Gasteiger partial charge in [-0.05, 0) is 48.9 Å². The second kappa shape index (κ2) is 10.0. The van der Waals surface area contributed by atoms with E-state index in [9.17, 15) is 13.2 Å². The van der Waals surface area contributed by atoms with Gasteiger partial charge in [0, 0.05) is 24.7 Å². The van der Waals surface area contributed by atoms with Gasteiger partial charge in [0.1, 0.15) is 0 Å². The Labute approximate surface area is 174 Å². The van der Waals surface area contributed by atoms with Gasteiger partial charge < -0.3 is 5.32 Å². The Bertz CT molecular complexity index is 887. The molecule has 1 N–H and O–H groups in total. The minimum atomic E-state index is -3.36. The lowest BCUT2D eigenvalue weighted by atomic mass is 9.97. The highest BCUT2D eigenvalue weighted by Gasteiger charge is 2.31. The standard InChI is InChI=1S/C23H30N2O3S/c1-2-3-7-19-10-12-22(13-11-19)24-23(26)21-14-16-25(17-15-21)29(27,28)18-20-8-5-4-6-9-20/h4-6,8-13,21H,2-3,7,14-18H2,1H3,(H,24,26). The van der Waals surface area contributed by atoms with Crippen LogP contribution in [0, 0.1) is 5.92 Å². The lowest BCUT2D eigenvalue weighted by Gasteiger charge is -2.30. The molecule has 1 fully saturated rings. The Kier molecular flexibility index (Phi) is 7.45. The van der Waals surface area contributed by atoms with E-state index in [4.69, 9.17) is 0 Å².